The highest BCUT2D eigenvalue weighted by Gasteiger charge is 2.25. The highest BCUT2D eigenvalue weighted by atomic mass is 16.1. The van der Waals surface area contributed by atoms with E-state index in [2.05, 4.69) is 51.9 Å². The normalized spacial score (nSPS) is 13.1. The lowest BCUT2D eigenvalue weighted by molar-refractivity contribution is 0.112. The molecule has 2 aromatic heterocycles. The van der Waals surface area contributed by atoms with Crippen molar-refractivity contribution in [1.82, 2.24) is 9.55 Å². The Kier molecular flexibility index (Phi) is 4.76. The predicted molar refractivity (Wildman–Crippen MR) is 121 cm³/mol. The van der Waals surface area contributed by atoms with Gasteiger partial charge in [0.2, 0.25) is 0 Å². The summed E-state index contributed by atoms with van der Waals surface area (Å²) in [5, 5.41) is 10.4. The van der Waals surface area contributed by atoms with E-state index in [9.17, 15) is 10.1 Å². The minimum atomic E-state index is 0.335. The Morgan fingerprint density at radius 2 is 1.84 bits per heavy atom. The van der Waals surface area contributed by atoms with Crippen LogP contribution in [0.5, 0.6) is 0 Å². The van der Waals surface area contributed by atoms with Gasteiger partial charge in [-0.1, -0.05) is 54.6 Å². The summed E-state index contributed by atoms with van der Waals surface area (Å²) in [6.45, 7) is 4.16. The van der Waals surface area contributed by atoms with Gasteiger partial charge in [-0.15, -0.1) is 0 Å². The topological polar surface area (TPSA) is 61.9 Å². The summed E-state index contributed by atoms with van der Waals surface area (Å²) in [6, 6.07) is 22.6. The number of anilines is 1. The Hall–Kier alpha value is -3.91. The van der Waals surface area contributed by atoms with Crippen molar-refractivity contribution in [3.8, 4) is 6.07 Å². The van der Waals surface area contributed by atoms with E-state index in [4.69, 9.17) is 4.98 Å². The predicted octanol–water partition coefficient (Wildman–Crippen LogP) is 4.64. The fourth-order valence-electron chi connectivity index (χ4n) is 4.57. The number of carbonyl (C=O) groups excluding carboxylic acids is 1. The highest BCUT2D eigenvalue weighted by molar-refractivity contribution is 6.04. The van der Waals surface area contributed by atoms with E-state index in [1.807, 2.05) is 25.1 Å². The molecule has 1 aliphatic heterocycles. The Morgan fingerprint density at radius 1 is 1.10 bits per heavy atom. The van der Waals surface area contributed by atoms with Crippen LogP contribution in [0.25, 0.3) is 10.9 Å². The fraction of sp³-hybridized carbons (Fsp3) is 0.192. The lowest BCUT2D eigenvalue weighted by Gasteiger charge is -2.30. The summed E-state index contributed by atoms with van der Waals surface area (Å²) >= 11 is 0. The number of nitrogens with zero attached hydrogens (tertiary/aromatic N) is 4. The van der Waals surface area contributed by atoms with Gasteiger partial charge in [-0.2, -0.15) is 5.26 Å². The number of rotatable bonds is 4. The second-order valence-electron chi connectivity index (χ2n) is 7.97. The molecule has 0 aliphatic carbocycles. The molecule has 5 rings (SSSR count). The molecule has 0 unspecified atom stereocenters. The standard InChI is InChI=1S/C26H22N4O/c1-18-24(17-31)23-13-22(14-27)28-26(25(23)30(18)15-19-7-3-2-4-8-19)29-12-11-20-9-5-6-10-21(20)16-29/h2-10,13,17H,11-12,15-16H2,1H3. The Bertz CT molecular complexity index is 1330. The molecule has 0 radical (unpaired) electrons. The lowest BCUT2D eigenvalue weighted by atomic mass is 10.00. The molecule has 0 atom stereocenters. The van der Waals surface area contributed by atoms with Crippen LogP contribution in [0.15, 0.2) is 60.7 Å². The number of hydrogen-bond acceptors (Lipinski definition) is 4. The van der Waals surface area contributed by atoms with Crippen LogP contribution in [0.4, 0.5) is 5.82 Å². The van der Waals surface area contributed by atoms with Gasteiger partial charge in [-0.3, -0.25) is 4.79 Å². The van der Waals surface area contributed by atoms with E-state index in [-0.39, 0.29) is 0 Å². The number of hydrogen-bond donors (Lipinski definition) is 0. The van der Waals surface area contributed by atoms with Crippen molar-refractivity contribution in [2.24, 2.45) is 0 Å². The zero-order chi connectivity index (χ0) is 21.4. The molecule has 0 spiro atoms. The van der Waals surface area contributed by atoms with Crippen LogP contribution in [-0.4, -0.2) is 22.4 Å². The largest absolute Gasteiger partial charge is 0.350 e. The summed E-state index contributed by atoms with van der Waals surface area (Å²) in [7, 11) is 0. The third-order valence-electron chi connectivity index (χ3n) is 6.18. The molecule has 0 saturated carbocycles. The molecule has 1 aliphatic rings. The van der Waals surface area contributed by atoms with E-state index in [1.54, 1.807) is 6.07 Å². The molecule has 2 aromatic carbocycles. The quantitative estimate of drug-likeness (QED) is 0.463. The van der Waals surface area contributed by atoms with Gasteiger partial charge in [0.1, 0.15) is 11.8 Å². The third-order valence-corrected chi connectivity index (χ3v) is 6.18. The summed E-state index contributed by atoms with van der Waals surface area (Å²) < 4.78 is 2.17. The summed E-state index contributed by atoms with van der Waals surface area (Å²) in [4.78, 5) is 19.0. The van der Waals surface area contributed by atoms with Gasteiger partial charge >= 0.3 is 0 Å². The van der Waals surface area contributed by atoms with Crippen molar-refractivity contribution < 1.29 is 4.79 Å². The zero-order valence-electron chi connectivity index (χ0n) is 17.4. The molecule has 5 heteroatoms. The average Bonchev–Trinajstić information content (AvgIpc) is 3.09. The van der Waals surface area contributed by atoms with Crippen LogP contribution in [0.1, 0.15) is 38.4 Å². The van der Waals surface area contributed by atoms with Crippen molar-refractivity contribution >= 4 is 23.0 Å². The number of fused-ring (bicyclic) bond motifs is 2. The van der Waals surface area contributed by atoms with Gasteiger partial charge in [-0.25, -0.2) is 4.98 Å². The van der Waals surface area contributed by atoms with Crippen LogP contribution >= 0.6 is 0 Å². The second kappa shape index (κ2) is 7.73. The van der Waals surface area contributed by atoms with Crippen molar-refractivity contribution in [2.75, 3.05) is 11.4 Å². The molecular formula is C26H22N4O. The van der Waals surface area contributed by atoms with Crippen LogP contribution in [0.2, 0.25) is 0 Å². The van der Waals surface area contributed by atoms with Crippen LogP contribution in [0.3, 0.4) is 0 Å². The molecule has 0 saturated heterocycles. The van der Waals surface area contributed by atoms with E-state index >= 15 is 0 Å². The first kappa shape index (κ1) is 19.1. The maximum Gasteiger partial charge on any atom is 0.155 e. The first-order chi connectivity index (χ1) is 15.2. The number of benzene rings is 2. The molecule has 152 valence electrons. The van der Waals surface area contributed by atoms with Crippen LogP contribution in [-0.2, 0) is 19.5 Å². The molecule has 0 fully saturated rings. The molecule has 0 bridgehead atoms. The number of aromatic nitrogens is 2. The van der Waals surface area contributed by atoms with Crippen molar-refractivity contribution in [3.05, 3.63) is 94.3 Å². The maximum absolute atomic E-state index is 12.0. The highest BCUT2D eigenvalue weighted by Crippen LogP contribution is 2.35. The minimum absolute atomic E-state index is 0.335. The van der Waals surface area contributed by atoms with E-state index in [0.717, 1.165) is 53.8 Å². The summed E-state index contributed by atoms with van der Waals surface area (Å²) in [6.07, 6.45) is 1.82. The van der Waals surface area contributed by atoms with Gasteiger partial charge in [0.15, 0.2) is 12.1 Å². The summed E-state index contributed by atoms with van der Waals surface area (Å²) in [5.74, 6) is 0.774. The molecule has 0 amide bonds. The van der Waals surface area contributed by atoms with Gasteiger partial charge in [-0.05, 0) is 36.1 Å². The number of aldehydes is 1. The molecule has 5 nitrogen and oxygen atoms in total. The number of nitriles is 1. The van der Waals surface area contributed by atoms with Crippen molar-refractivity contribution in [1.29, 1.82) is 5.26 Å². The maximum atomic E-state index is 12.0. The summed E-state index contributed by atoms with van der Waals surface area (Å²) in [5.41, 5.74) is 6.56. The third kappa shape index (κ3) is 3.27. The van der Waals surface area contributed by atoms with Gasteiger partial charge in [0.25, 0.3) is 0 Å². The Morgan fingerprint density at radius 3 is 2.58 bits per heavy atom. The molecule has 31 heavy (non-hydrogen) atoms. The van der Waals surface area contributed by atoms with Crippen molar-refractivity contribution in [2.45, 2.75) is 26.4 Å². The molecule has 0 N–H and O–H groups in total. The monoisotopic (exact) mass is 406 g/mol. The minimum Gasteiger partial charge on any atom is -0.350 e. The Balaban J connectivity index is 1.72. The molecular weight excluding hydrogens is 384 g/mol. The van der Waals surface area contributed by atoms with Crippen LogP contribution < -0.4 is 4.90 Å². The van der Waals surface area contributed by atoms with Crippen LogP contribution in [0, 0.1) is 18.3 Å². The van der Waals surface area contributed by atoms with Crippen molar-refractivity contribution in [3.63, 3.8) is 0 Å². The number of pyridine rings is 1. The fourth-order valence-corrected chi connectivity index (χ4v) is 4.57. The second-order valence-corrected chi connectivity index (χ2v) is 7.97. The molecule has 3 heterocycles. The lowest BCUT2D eigenvalue weighted by Crippen LogP contribution is -2.31. The van der Waals surface area contributed by atoms with Gasteiger partial charge in [0.05, 0.1) is 5.52 Å². The van der Waals surface area contributed by atoms with Gasteiger partial charge < -0.3 is 9.47 Å². The average molecular weight is 406 g/mol. The zero-order valence-corrected chi connectivity index (χ0v) is 17.4. The van der Waals surface area contributed by atoms with E-state index < -0.39 is 0 Å². The SMILES string of the molecule is Cc1c(C=O)c2cc(C#N)nc(N3CCc4ccccc4C3)c2n1Cc1ccccc1. The van der Waals surface area contributed by atoms with E-state index in [0.29, 0.717) is 17.8 Å². The smallest absolute Gasteiger partial charge is 0.155 e. The number of carbonyl (C=O) groups is 1. The van der Waals surface area contributed by atoms with Gasteiger partial charge in [0, 0.05) is 36.3 Å². The first-order valence-electron chi connectivity index (χ1n) is 10.4. The first-order valence-corrected chi connectivity index (χ1v) is 10.4. The van der Waals surface area contributed by atoms with E-state index in [1.165, 1.54) is 11.1 Å². The Labute approximate surface area is 181 Å². The molecule has 4 aromatic rings.